The molecular weight excluding hydrogens is 470 g/mol. The Hall–Kier alpha value is -3.06. The molecule has 0 atom stereocenters. The van der Waals surface area contributed by atoms with Crippen molar-refractivity contribution < 1.29 is 35.9 Å². The lowest BCUT2D eigenvalue weighted by atomic mass is 10.1. The lowest BCUT2D eigenvalue weighted by molar-refractivity contribution is -0.138. The first-order chi connectivity index (χ1) is 15.6. The van der Waals surface area contributed by atoms with Crippen molar-refractivity contribution in [1.29, 1.82) is 0 Å². The fraction of sp³-hybridized carbons (Fsp3) is 0.600. The number of hydrogen-bond acceptors (Lipinski definition) is 7. The molecule has 0 spiro atoms. The second-order valence-electron chi connectivity index (χ2n) is 8.55. The Balaban J connectivity index is 2.16. The van der Waals surface area contributed by atoms with E-state index in [1.807, 2.05) is 0 Å². The fourth-order valence-corrected chi connectivity index (χ4v) is 3.02. The van der Waals surface area contributed by atoms with Crippen LogP contribution in [0, 0.1) is 0 Å². The maximum Gasteiger partial charge on any atom is 0.419 e. The summed E-state index contributed by atoms with van der Waals surface area (Å²) in [5.41, 5.74) is 2.29. The van der Waals surface area contributed by atoms with Crippen LogP contribution in [0.2, 0.25) is 0 Å². The number of nitrogens with two attached hydrogens (primary N) is 1. The molecule has 0 aliphatic carbocycles. The molecular formula is C20H26F6N6O2. The first kappa shape index (κ1) is 27.2. The van der Waals surface area contributed by atoms with Gasteiger partial charge >= 0.3 is 18.4 Å². The van der Waals surface area contributed by atoms with E-state index in [0.29, 0.717) is 44.5 Å². The molecule has 1 fully saturated rings. The van der Waals surface area contributed by atoms with Gasteiger partial charge in [0.25, 0.3) is 0 Å². The number of nitrogens with zero attached hydrogens (tertiary/aromatic N) is 4. The molecule has 2 heterocycles. The molecule has 8 nitrogen and oxygen atoms in total. The van der Waals surface area contributed by atoms with Gasteiger partial charge in [-0.3, -0.25) is 4.99 Å². The summed E-state index contributed by atoms with van der Waals surface area (Å²) in [6, 6.07) is -0.257. The topological polar surface area (TPSA) is 106 Å². The van der Waals surface area contributed by atoms with E-state index in [1.165, 1.54) is 4.90 Å². The minimum Gasteiger partial charge on any atom is -0.444 e. The summed E-state index contributed by atoms with van der Waals surface area (Å²) in [4.78, 5) is 24.4. The lowest BCUT2D eigenvalue weighted by Crippen LogP contribution is -2.44. The first-order valence-electron chi connectivity index (χ1n) is 10.3. The smallest absolute Gasteiger partial charge is 0.419 e. The molecule has 1 aromatic heterocycles. The molecule has 34 heavy (non-hydrogen) atoms. The zero-order chi connectivity index (χ0) is 25.7. The van der Waals surface area contributed by atoms with Gasteiger partial charge in [0, 0.05) is 43.3 Å². The van der Waals surface area contributed by atoms with Crippen molar-refractivity contribution in [2.45, 2.75) is 57.6 Å². The Morgan fingerprint density at radius 3 is 2.35 bits per heavy atom. The number of carbonyl (C=O) groups excluding carboxylic acids is 1. The van der Waals surface area contributed by atoms with Crippen LogP contribution < -0.4 is 11.1 Å². The third-order valence-electron chi connectivity index (χ3n) is 4.53. The van der Waals surface area contributed by atoms with Crippen molar-refractivity contribution in [2.75, 3.05) is 25.0 Å². The number of ether oxygens (including phenoxy) is 1. The summed E-state index contributed by atoms with van der Waals surface area (Å²) in [5, 5.41) is 2.91. The average molecular weight is 496 g/mol. The summed E-state index contributed by atoms with van der Waals surface area (Å²) in [5.74, 6) is -0.165. The Kier molecular flexibility index (Phi) is 8.37. The van der Waals surface area contributed by atoms with Crippen LogP contribution >= 0.6 is 0 Å². The van der Waals surface area contributed by atoms with Crippen LogP contribution in [-0.4, -0.2) is 64.6 Å². The van der Waals surface area contributed by atoms with Crippen molar-refractivity contribution in [2.24, 2.45) is 10.7 Å². The number of likely N-dealkylation sites (tertiary alicyclic amines) is 1. The first-order valence-corrected chi connectivity index (χ1v) is 10.3. The highest BCUT2D eigenvalue weighted by molar-refractivity contribution is 6.09. The SMILES string of the molecule is CC(C)(C)OC(=O)N1CCC(Nc2ncc(C(F)(F)F)c(/C(C=NCC(F)(F)F)=C/N)n2)CC1. The predicted molar refractivity (Wildman–Crippen MR) is 113 cm³/mol. The summed E-state index contributed by atoms with van der Waals surface area (Å²) in [7, 11) is 0. The normalized spacial score (nSPS) is 16.7. The van der Waals surface area contributed by atoms with Crippen molar-refractivity contribution in [3.63, 3.8) is 0 Å². The molecule has 1 aromatic rings. The van der Waals surface area contributed by atoms with Crippen LogP contribution in [0.1, 0.15) is 44.9 Å². The molecule has 1 saturated heterocycles. The molecule has 190 valence electrons. The third kappa shape index (κ3) is 8.37. The second-order valence-corrected chi connectivity index (χ2v) is 8.55. The molecule has 2 rings (SSSR count). The molecule has 0 radical (unpaired) electrons. The van der Waals surface area contributed by atoms with E-state index in [-0.39, 0.29) is 12.0 Å². The summed E-state index contributed by atoms with van der Waals surface area (Å²) >= 11 is 0. The Labute approximate surface area is 192 Å². The number of piperidine rings is 1. The highest BCUT2D eigenvalue weighted by Gasteiger charge is 2.36. The zero-order valence-electron chi connectivity index (χ0n) is 18.8. The number of carbonyl (C=O) groups is 1. The zero-order valence-corrected chi connectivity index (χ0v) is 18.8. The summed E-state index contributed by atoms with van der Waals surface area (Å²) < 4.78 is 82.7. The highest BCUT2D eigenvalue weighted by atomic mass is 19.4. The maximum absolute atomic E-state index is 13.4. The maximum atomic E-state index is 13.4. The standard InChI is InChI=1S/C20H26F6N6O2/c1-18(2,3)34-17(33)32-6-4-13(5-7-32)30-16-29-10-14(20(24,25)26)15(31-16)12(8-27)9-28-11-19(21,22)23/h8-10,13H,4-7,11,27H2,1-3H3,(H,29,30,31)/b12-8+,28-9?. The van der Waals surface area contributed by atoms with E-state index in [9.17, 15) is 31.1 Å². The second kappa shape index (κ2) is 10.5. The molecule has 0 bridgehead atoms. The van der Waals surface area contributed by atoms with Gasteiger partial charge in [0.1, 0.15) is 17.7 Å². The number of aromatic nitrogens is 2. The largest absolute Gasteiger partial charge is 0.444 e. The van der Waals surface area contributed by atoms with Gasteiger partial charge in [-0.15, -0.1) is 0 Å². The lowest BCUT2D eigenvalue weighted by Gasteiger charge is -2.33. The van der Waals surface area contributed by atoms with Gasteiger partial charge in [-0.2, -0.15) is 26.3 Å². The van der Waals surface area contributed by atoms with Gasteiger partial charge in [-0.05, 0) is 33.6 Å². The number of amides is 1. The monoisotopic (exact) mass is 496 g/mol. The van der Waals surface area contributed by atoms with Crippen LogP contribution in [0.25, 0.3) is 5.57 Å². The van der Waals surface area contributed by atoms with Crippen LogP contribution in [0.3, 0.4) is 0 Å². The van der Waals surface area contributed by atoms with Crippen molar-refractivity contribution in [1.82, 2.24) is 14.9 Å². The van der Waals surface area contributed by atoms with Crippen molar-refractivity contribution >= 4 is 23.8 Å². The van der Waals surface area contributed by atoms with E-state index in [4.69, 9.17) is 10.5 Å². The van der Waals surface area contributed by atoms with Crippen molar-refractivity contribution in [3.8, 4) is 0 Å². The summed E-state index contributed by atoms with van der Waals surface area (Å²) in [6.07, 6.45) is -7.25. The van der Waals surface area contributed by atoms with E-state index in [1.54, 1.807) is 20.8 Å². The quantitative estimate of drug-likeness (QED) is 0.467. The molecule has 0 unspecified atom stereocenters. The van der Waals surface area contributed by atoms with Crippen LogP contribution in [0.15, 0.2) is 17.4 Å². The van der Waals surface area contributed by atoms with E-state index in [0.717, 1.165) is 0 Å². The number of halogens is 6. The number of alkyl halides is 6. The number of allylic oxidation sites excluding steroid dienone is 1. The van der Waals surface area contributed by atoms with Gasteiger partial charge in [0.15, 0.2) is 0 Å². The Morgan fingerprint density at radius 1 is 1.24 bits per heavy atom. The van der Waals surface area contributed by atoms with E-state index in [2.05, 4.69) is 20.3 Å². The Morgan fingerprint density at radius 2 is 1.85 bits per heavy atom. The summed E-state index contributed by atoms with van der Waals surface area (Å²) in [6.45, 7) is 4.35. The number of anilines is 1. The minimum atomic E-state index is -4.88. The molecule has 0 aromatic carbocycles. The molecule has 14 heteroatoms. The molecule has 0 saturated carbocycles. The number of rotatable bonds is 5. The van der Waals surface area contributed by atoms with Crippen molar-refractivity contribution in [3.05, 3.63) is 23.7 Å². The third-order valence-corrected chi connectivity index (χ3v) is 4.53. The van der Waals surface area contributed by atoms with E-state index < -0.39 is 47.4 Å². The van der Waals surface area contributed by atoms with Crippen LogP contribution in [0.4, 0.5) is 37.1 Å². The molecule has 1 aliphatic rings. The number of nitrogens with one attached hydrogen (secondary N) is 1. The molecule has 1 aliphatic heterocycles. The molecule has 1 amide bonds. The fourth-order valence-electron chi connectivity index (χ4n) is 3.02. The predicted octanol–water partition coefficient (Wildman–Crippen LogP) is 4.24. The van der Waals surface area contributed by atoms with Crippen LogP contribution in [0.5, 0.6) is 0 Å². The molecule has 3 N–H and O–H groups in total. The van der Waals surface area contributed by atoms with Gasteiger partial charge in [-0.25, -0.2) is 14.8 Å². The number of hydrogen-bond donors (Lipinski definition) is 2. The van der Waals surface area contributed by atoms with Gasteiger partial charge in [0.2, 0.25) is 5.95 Å². The van der Waals surface area contributed by atoms with Gasteiger partial charge in [0.05, 0.1) is 5.69 Å². The minimum absolute atomic E-state index is 0.165. The van der Waals surface area contributed by atoms with Gasteiger partial charge in [-0.1, -0.05) is 0 Å². The number of aliphatic imine (C=N–C) groups is 1. The average Bonchev–Trinajstić information content (AvgIpc) is 2.69. The Bertz CT molecular complexity index is 916. The van der Waals surface area contributed by atoms with Gasteiger partial charge < -0.3 is 20.7 Å². The van der Waals surface area contributed by atoms with E-state index >= 15 is 0 Å². The highest BCUT2D eigenvalue weighted by Crippen LogP contribution is 2.34. The van der Waals surface area contributed by atoms with Crippen LogP contribution in [-0.2, 0) is 10.9 Å².